The van der Waals surface area contributed by atoms with Crippen LogP contribution in [0.2, 0.25) is 0 Å². The number of hydrogen-bond donors (Lipinski definition) is 2. The van der Waals surface area contributed by atoms with E-state index in [2.05, 4.69) is 10.6 Å². The van der Waals surface area contributed by atoms with Gasteiger partial charge in [0.05, 0.1) is 0 Å². The molecule has 3 nitrogen and oxygen atoms in total. The first-order valence-corrected chi connectivity index (χ1v) is 6.52. The van der Waals surface area contributed by atoms with E-state index < -0.39 is 11.6 Å². The minimum absolute atomic E-state index is 0.0121. The highest BCUT2D eigenvalue weighted by atomic mass is 19.1. The molecule has 1 amide bonds. The maximum atomic E-state index is 13.5. The Morgan fingerprint density at radius 1 is 1.14 bits per heavy atom. The van der Waals surface area contributed by atoms with Crippen LogP contribution in [0.5, 0.6) is 0 Å². The summed E-state index contributed by atoms with van der Waals surface area (Å²) in [6.07, 6.45) is 0. The van der Waals surface area contributed by atoms with Crippen molar-refractivity contribution in [2.45, 2.75) is 13.5 Å². The van der Waals surface area contributed by atoms with Crippen molar-refractivity contribution in [1.82, 2.24) is 5.32 Å². The molecule has 2 N–H and O–H groups in total. The van der Waals surface area contributed by atoms with E-state index in [-0.39, 0.29) is 18.0 Å². The van der Waals surface area contributed by atoms with Gasteiger partial charge in [0.2, 0.25) is 0 Å². The number of carbonyl (C=O) groups excluding carboxylic acids is 1. The Hall–Kier alpha value is -2.43. The highest BCUT2D eigenvalue weighted by Gasteiger charge is 2.10. The molecule has 0 fully saturated rings. The van der Waals surface area contributed by atoms with Gasteiger partial charge in [-0.25, -0.2) is 8.78 Å². The van der Waals surface area contributed by atoms with Crippen molar-refractivity contribution in [2.75, 3.05) is 12.4 Å². The third-order valence-electron chi connectivity index (χ3n) is 3.21. The second-order valence-corrected chi connectivity index (χ2v) is 4.70. The minimum atomic E-state index is -0.669. The zero-order valence-corrected chi connectivity index (χ0v) is 11.8. The first kappa shape index (κ1) is 15.0. The van der Waals surface area contributed by atoms with E-state index in [0.717, 1.165) is 23.4 Å². The maximum absolute atomic E-state index is 13.5. The second-order valence-electron chi connectivity index (χ2n) is 4.70. The van der Waals surface area contributed by atoms with Crippen LogP contribution in [0.3, 0.4) is 0 Å². The largest absolute Gasteiger partial charge is 0.388 e. The normalized spacial score (nSPS) is 10.3. The maximum Gasteiger partial charge on any atom is 0.251 e. The van der Waals surface area contributed by atoms with E-state index in [1.807, 2.05) is 13.0 Å². The first-order chi connectivity index (χ1) is 10.0. The first-order valence-electron chi connectivity index (χ1n) is 6.52. The van der Waals surface area contributed by atoms with Crippen LogP contribution in [0.4, 0.5) is 14.5 Å². The van der Waals surface area contributed by atoms with Crippen molar-refractivity contribution in [3.8, 4) is 0 Å². The summed E-state index contributed by atoms with van der Waals surface area (Å²) in [7, 11) is 1.80. The van der Waals surface area contributed by atoms with Crippen LogP contribution in [0.15, 0.2) is 36.4 Å². The van der Waals surface area contributed by atoms with Gasteiger partial charge in [0, 0.05) is 36.5 Å². The van der Waals surface area contributed by atoms with E-state index in [0.29, 0.717) is 5.56 Å². The van der Waals surface area contributed by atoms with Crippen LogP contribution in [0.1, 0.15) is 21.5 Å². The quantitative estimate of drug-likeness (QED) is 0.907. The predicted molar refractivity (Wildman–Crippen MR) is 78.3 cm³/mol. The molecule has 0 unspecified atom stereocenters. The molecule has 2 aromatic rings. The Morgan fingerprint density at radius 2 is 1.90 bits per heavy atom. The summed E-state index contributed by atoms with van der Waals surface area (Å²) >= 11 is 0. The minimum Gasteiger partial charge on any atom is -0.388 e. The van der Waals surface area contributed by atoms with E-state index >= 15 is 0 Å². The van der Waals surface area contributed by atoms with Crippen molar-refractivity contribution in [3.63, 3.8) is 0 Å². The molecule has 2 rings (SSSR count). The van der Waals surface area contributed by atoms with Gasteiger partial charge in [-0.2, -0.15) is 0 Å². The average Bonchev–Trinajstić information content (AvgIpc) is 2.45. The Kier molecular flexibility index (Phi) is 4.52. The lowest BCUT2D eigenvalue weighted by Crippen LogP contribution is -2.24. The number of carbonyl (C=O) groups is 1. The molecule has 0 aliphatic rings. The molecule has 0 atom stereocenters. The molecule has 0 radical (unpaired) electrons. The lowest BCUT2D eigenvalue weighted by Gasteiger charge is -2.10. The Morgan fingerprint density at radius 3 is 2.52 bits per heavy atom. The summed E-state index contributed by atoms with van der Waals surface area (Å²) in [6.45, 7) is 1.84. The van der Waals surface area contributed by atoms with E-state index in [9.17, 15) is 13.6 Å². The molecular formula is C16H16F2N2O. The number of aryl methyl sites for hydroxylation is 1. The van der Waals surface area contributed by atoms with Crippen molar-refractivity contribution in [2.24, 2.45) is 0 Å². The van der Waals surface area contributed by atoms with Crippen molar-refractivity contribution >= 4 is 11.6 Å². The number of rotatable bonds is 4. The van der Waals surface area contributed by atoms with Crippen LogP contribution in [0.25, 0.3) is 0 Å². The highest BCUT2D eigenvalue weighted by Crippen LogP contribution is 2.15. The summed E-state index contributed by atoms with van der Waals surface area (Å²) in [5.41, 5.74) is 2.50. The topological polar surface area (TPSA) is 41.1 Å². The Bertz CT molecular complexity index is 671. The third kappa shape index (κ3) is 3.56. The van der Waals surface area contributed by atoms with Crippen molar-refractivity contribution in [3.05, 3.63) is 64.7 Å². The molecule has 0 aromatic heterocycles. The van der Waals surface area contributed by atoms with Gasteiger partial charge in [0.25, 0.3) is 5.91 Å². The predicted octanol–water partition coefficient (Wildman–Crippen LogP) is 3.24. The fourth-order valence-corrected chi connectivity index (χ4v) is 2.01. The van der Waals surface area contributed by atoms with Gasteiger partial charge in [-0.15, -0.1) is 0 Å². The number of amides is 1. The van der Waals surface area contributed by atoms with Gasteiger partial charge in [-0.05, 0) is 36.8 Å². The molecule has 0 saturated heterocycles. The zero-order chi connectivity index (χ0) is 15.4. The van der Waals surface area contributed by atoms with E-state index in [1.165, 1.54) is 6.07 Å². The summed E-state index contributed by atoms with van der Waals surface area (Å²) in [4.78, 5) is 12.1. The number of halogens is 2. The molecule has 0 heterocycles. The van der Waals surface area contributed by atoms with Gasteiger partial charge >= 0.3 is 0 Å². The number of benzene rings is 2. The molecule has 0 saturated carbocycles. The van der Waals surface area contributed by atoms with Crippen LogP contribution in [-0.4, -0.2) is 13.0 Å². The summed E-state index contributed by atoms with van der Waals surface area (Å²) in [5, 5.41) is 5.62. The van der Waals surface area contributed by atoms with Crippen LogP contribution >= 0.6 is 0 Å². The van der Waals surface area contributed by atoms with Crippen LogP contribution < -0.4 is 10.6 Å². The van der Waals surface area contributed by atoms with Gasteiger partial charge < -0.3 is 10.6 Å². The average molecular weight is 290 g/mol. The third-order valence-corrected chi connectivity index (χ3v) is 3.21. The lowest BCUT2D eigenvalue weighted by molar-refractivity contribution is 0.0950. The summed E-state index contributed by atoms with van der Waals surface area (Å²) in [6, 6.07) is 8.64. The molecule has 0 aliphatic carbocycles. The van der Waals surface area contributed by atoms with E-state index in [1.54, 1.807) is 19.2 Å². The fraction of sp³-hybridized carbons (Fsp3) is 0.188. The number of nitrogens with one attached hydrogen (secondary N) is 2. The summed E-state index contributed by atoms with van der Waals surface area (Å²) < 4.78 is 26.3. The molecule has 110 valence electrons. The molecular weight excluding hydrogens is 274 g/mol. The number of anilines is 1. The van der Waals surface area contributed by atoms with Crippen molar-refractivity contribution in [1.29, 1.82) is 0 Å². The molecule has 0 aliphatic heterocycles. The SMILES string of the molecule is CNc1ccc(C(=O)NCc2ccc(F)cc2F)c(C)c1. The van der Waals surface area contributed by atoms with Gasteiger partial charge in [0.1, 0.15) is 11.6 Å². The highest BCUT2D eigenvalue weighted by molar-refractivity contribution is 5.96. The Balaban J connectivity index is 2.08. The summed E-state index contributed by atoms with van der Waals surface area (Å²) in [5.74, 6) is -1.60. The molecule has 5 heteroatoms. The van der Waals surface area contributed by atoms with Crippen molar-refractivity contribution < 1.29 is 13.6 Å². The van der Waals surface area contributed by atoms with Gasteiger partial charge in [0.15, 0.2) is 0 Å². The number of hydrogen-bond acceptors (Lipinski definition) is 2. The van der Waals surface area contributed by atoms with Gasteiger partial charge in [-0.1, -0.05) is 6.07 Å². The molecule has 0 bridgehead atoms. The standard InChI is InChI=1S/C16H16F2N2O/c1-10-7-13(19-2)5-6-14(10)16(21)20-9-11-3-4-12(17)8-15(11)18/h3-8,19H,9H2,1-2H3,(H,20,21). The monoisotopic (exact) mass is 290 g/mol. The van der Waals surface area contributed by atoms with Crippen LogP contribution in [0, 0.1) is 18.6 Å². The lowest BCUT2D eigenvalue weighted by atomic mass is 10.1. The molecule has 21 heavy (non-hydrogen) atoms. The molecule has 0 spiro atoms. The molecule has 2 aromatic carbocycles. The fourth-order valence-electron chi connectivity index (χ4n) is 2.01. The Labute approximate surface area is 122 Å². The second kappa shape index (κ2) is 6.35. The smallest absolute Gasteiger partial charge is 0.251 e. The van der Waals surface area contributed by atoms with E-state index in [4.69, 9.17) is 0 Å². The van der Waals surface area contributed by atoms with Crippen LogP contribution in [-0.2, 0) is 6.54 Å². The van der Waals surface area contributed by atoms with Gasteiger partial charge in [-0.3, -0.25) is 4.79 Å². The zero-order valence-electron chi connectivity index (χ0n) is 11.8.